The Morgan fingerprint density at radius 2 is 1.80 bits per heavy atom. The van der Waals surface area contributed by atoms with Gasteiger partial charge in [0.15, 0.2) is 0 Å². The second-order valence-electron chi connectivity index (χ2n) is 8.30. The summed E-state index contributed by atoms with van der Waals surface area (Å²) in [6.45, 7) is 3.80. The van der Waals surface area contributed by atoms with Gasteiger partial charge in [-0.1, -0.05) is 17.7 Å². The smallest absolute Gasteiger partial charge is 0.264 e. The van der Waals surface area contributed by atoms with Crippen LogP contribution in [0.1, 0.15) is 37.7 Å². The first-order valence-corrected chi connectivity index (χ1v) is 11.9. The molecule has 1 aromatic carbocycles. The lowest BCUT2D eigenvalue weighted by Crippen LogP contribution is -2.52. The maximum atomic E-state index is 13.1. The van der Waals surface area contributed by atoms with Crippen molar-refractivity contribution in [1.82, 2.24) is 19.8 Å². The van der Waals surface area contributed by atoms with Gasteiger partial charge in [-0.05, 0) is 44.7 Å². The van der Waals surface area contributed by atoms with E-state index in [4.69, 9.17) is 0 Å². The Morgan fingerprint density at radius 3 is 2.43 bits per heavy atom. The average Bonchev–Trinajstić information content (AvgIpc) is 3.56. The van der Waals surface area contributed by atoms with Gasteiger partial charge in [-0.2, -0.15) is 0 Å². The van der Waals surface area contributed by atoms with Crippen LogP contribution in [0.2, 0.25) is 0 Å². The minimum atomic E-state index is -3.95. The van der Waals surface area contributed by atoms with Crippen LogP contribution in [0.4, 0.5) is 0 Å². The number of hydrogen-bond donors (Lipinski definition) is 2. The normalized spacial score (nSPS) is 23.3. The quantitative estimate of drug-likeness (QED) is 0.701. The van der Waals surface area contributed by atoms with Crippen LogP contribution in [0.3, 0.4) is 0 Å². The summed E-state index contributed by atoms with van der Waals surface area (Å²) in [4.78, 5) is 27.6. The highest BCUT2D eigenvalue weighted by atomic mass is 32.2. The van der Waals surface area contributed by atoms with Crippen molar-refractivity contribution >= 4 is 21.8 Å². The van der Waals surface area contributed by atoms with Crippen LogP contribution in [-0.2, 0) is 19.6 Å². The number of aryl methyl sites for hydroxylation is 1. The van der Waals surface area contributed by atoms with Gasteiger partial charge in [0.2, 0.25) is 11.8 Å². The predicted molar refractivity (Wildman–Crippen MR) is 112 cm³/mol. The molecule has 30 heavy (non-hydrogen) atoms. The van der Waals surface area contributed by atoms with E-state index in [2.05, 4.69) is 15.5 Å². The van der Waals surface area contributed by atoms with Crippen molar-refractivity contribution in [2.45, 2.75) is 62.0 Å². The molecule has 1 atom stereocenters. The molecule has 2 N–H and O–H groups in total. The van der Waals surface area contributed by atoms with Crippen molar-refractivity contribution in [2.75, 3.05) is 13.1 Å². The Labute approximate surface area is 177 Å². The Bertz CT molecular complexity index is 932. The van der Waals surface area contributed by atoms with Gasteiger partial charge in [0.1, 0.15) is 6.04 Å². The van der Waals surface area contributed by atoms with E-state index in [1.54, 1.807) is 12.1 Å². The third-order valence-corrected chi connectivity index (χ3v) is 7.79. The molecule has 2 aliphatic heterocycles. The molecular weight excluding hydrogens is 404 g/mol. The predicted octanol–water partition coefficient (Wildman–Crippen LogP) is 1.09. The van der Waals surface area contributed by atoms with Crippen molar-refractivity contribution in [1.29, 1.82) is 0 Å². The summed E-state index contributed by atoms with van der Waals surface area (Å²) in [5, 5.41) is 5.51. The molecule has 162 valence electrons. The van der Waals surface area contributed by atoms with E-state index in [0.717, 1.165) is 41.8 Å². The molecule has 1 saturated carbocycles. The summed E-state index contributed by atoms with van der Waals surface area (Å²) in [6, 6.07) is 6.10. The van der Waals surface area contributed by atoms with Crippen molar-refractivity contribution in [3.05, 3.63) is 42.2 Å². The van der Waals surface area contributed by atoms with Gasteiger partial charge in [-0.3, -0.25) is 13.9 Å². The zero-order valence-corrected chi connectivity index (χ0v) is 17.9. The first-order valence-electron chi connectivity index (χ1n) is 10.5. The van der Waals surface area contributed by atoms with E-state index < -0.39 is 22.0 Å². The number of amides is 2. The number of piperidine rings is 1. The van der Waals surface area contributed by atoms with Crippen LogP contribution in [0.5, 0.6) is 0 Å². The maximum absolute atomic E-state index is 13.1. The van der Waals surface area contributed by atoms with Crippen LogP contribution in [0.25, 0.3) is 0 Å². The van der Waals surface area contributed by atoms with E-state index >= 15 is 0 Å². The van der Waals surface area contributed by atoms with Crippen molar-refractivity contribution < 1.29 is 18.0 Å². The zero-order chi connectivity index (χ0) is 21.3. The van der Waals surface area contributed by atoms with Gasteiger partial charge in [0.05, 0.1) is 11.3 Å². The number of likely N-dealkylation sites (tertiary alicyclic amines) is 1. The fourth-order valence-corrected chi connectivity index (χ4v) is 5.53. The summed E-state index contributed by atoms with van der Waals surface area (Å²) in [5.41, 5.74) is 0.935. The van der Waals surface area contributed by atoms with Gasteiger partial charge in [0.25, 0.3) is 10.0 Å². The summed E-state index contributed by atoms with van der Waals surface area (Å²) in [5.74, 6) is -0.814. The molecule has 1 aliphatic carbocycles. The second kappa shape index (κ2) is 8.39. The number of carbonyl (C=O) groups excluding carboxylic acids is 2. The van der Waals surface area contributed by atoms with E-state index in [-0.39, 0.29) is 23.3 Å². The van der Waals surface area contributed by atoms with Gasteiger partial charge < -0.3 is 15.5 Å². The van der Waals surface area contributed by atoms with Crippen LogP contribution in [-0.4, -0.2) is 60.7 Å². The number of sulfonamides is 1. The molecule has 0 bridgehead atoms. The van der Waals surface area contributed by atoms with Gasteiger partial charge in [-0.15, -0.1) is 0 Å². The summed E-state index contributed by atoms with van der Waals surface area (Å²) >= 11 is 0. The lowest BCUT2D eigenvalue weighted by Gasteiger charge is -2.34. The fraction of sp³-hybridized carbons (Fsp3) is 0.524. The van der Waals surface area contributed by atoms with Gasteiger partial charge >= 0.3 is 0 Å². The molecule has 1 aromatic rings. The molecule has 0 spiro atoms. The lowest BCUT2D eigenvalue weighted by atomic mass is 10.0. The molecule has 2 heterocycles. The number of rotatable bonds is 6. The summed E-state index contributed by atoms with van der Waals surface area (Å²) < 4.78 is 27.2. The molecule has 8 nitrogen and oxygen atoms in total. The molecular formula is C21H28N4O4S. The molecule has 9 heteroatoms. The summed E-state index contributed by atoms with van der Waals surface area (Å²) in [6.07, 6.45) is 6.68. The number of carbonyl (C=O) groups is 2. The lowest BCUT2D eigenvalue weighted by molar-refractivity contribution is -0.130. The Balaban J connectivity index is 1.42. The average molecular weight is 433 g/mol. The fourth-order valence-electron chi connectivity index (χ4n) is 4.08. The third kappa shape index (κ3) is 4.52. The van der Waals surface area contributed by atoms with Crippen LogP contribution in [0, 0.1) is 6.92 Å². The minimum Gasteiger partial charge on any atom is -0.353 e. The summed E-state index contributed by atoms with van der Waals surface area (Å²) in [7, 11) is -3.95. The molecule has 1 saturated heterocycles. The first kappa shape index (κ1) is 20.9. The number of benzene rings is 1. The van der Waals surface area contributed by atoms with Crippen LogP contribution in [0.15, 0.2) is 41.6 Å². The monoisotopic (exact) mass is 432 g/mol. The second-order valence-corrected chi connectivity index (χ2v) is 10.1. The first-order chi connectivity index (χ1) is 14.3. The largest absolute Gasteiger partial charge is 0.353 e. The molecule has 0 radical (unpaired) electrons. The van der Waals surface area contributed by atoms with E-state index in [0.29, 0.717) is 0 Å². The van der Waals surface area contributed by atoms with E-state index in [9.17, 15) is 18.0 Å². The SMILES string of the molecule is Cc1ccc(S(=O)(=O)N2C=CNC(=O)[C@H]2CC(=O)NC2CCN(C3CC3)CC2)cc1. The van der Waals surface area contributed by atoms with Gasteiger partial charge in [-0.25, -0.2) is 8.42 Å². The van der Waals surface area contributed by atoms with E-state index in [1.165, 1.54) is 37.4 Å². The van der Waals surface area contributed by atoms with Crippen molar-refractivity contribution in [2.24, 2.45) is 0 Å². The minimum absolute atomic E-state index is 0.0665. The van der Waals surface area contributed by atoms with Crippen LogP contribution >= 0.6 is 0 Å². The Hall–Kier alpha value is -2.39. The van der Waals surface area contributed by atoms with Crippen molar-refractivity contribution in [3.63, 3.8) is 0 Å². The topological polar surface area (TPSA) is 98.8 Å². The van der Waals surface area contributed by atoms with Crippen LogP contribution < -0.4 is 10.6 Å². The van der Waals surface area contributed by atoms with Gasteiger partial charge in [0, 0.05) is 37.6 Å². The standard InChI is InChI=1S/C21H28N4O4S/c1-15-2-6-18(7-3-15)30(28,29)25-13-10-22-21(27)19(25)14-20(26)23-16-8-11-24(12-9-16)17-4-5-17/h2-3,6-7,10,13,16-17,19H,4-5,8-9,11-12,14H2,1H3,(H,22,27)(H,23,26)/t19-/m1/s1. The molecule has 3 aliphatic rings. The van der Waals surface area contributed by atoms with E-state index in [1.807, 2.05) is 6.92 Å². The molecule has 0 aromatic heterocycles. The highest BCUT2D eigenvalue weighted by molar-refractivity contribution is 7.89. The molecule has 2 fully saturated rings. The Morgan fingerprint density at radius 1 is 1.13 bits per heavy atom. The number of hydrogen-bond acceptors (Lipinski definition) is 5. The van der Waals surface area contributed by atoms with Crippen molar-refractivity contribution in [3.8, 4) is 0 Å². The number of nitrogens with zero attached hydrogens (tertiary/aromatic N) is 2. The Kier molecular flexibility index (Phi) is 5.84. The number of nitrogens with one attached hydrogen (secondary N) is 2. The molecule has 4 rings (SSSR count). The third-order valence-electron chi connectivity index (χ3n) is 5.99. The maximum Gasteiger partial charge on any atom is 0.264 e. The highest BCUT2D eigenvalue weighted by Gasteiger charge is 2.38. The molecule has 2 amide bonds. The highest BCUT2D eigenvalue weighted by Crippen LogP contribution is 2.29. The zero-order valence-electron chi connectivity index (χ0n) is 17.1. The molecule has 0 unspecified atom stereocenters.